The van der Waals surface area contributed by atoms with Crippen LogP contribution < -0.4 is 0 Å². The van der Waals surface area contributed by atoms with Crippen molar-refractivity contribution in [3.05, 3.63) is 72.7 Å². The molecule has 5 rings (SSSR count). The first kappa shape index (κ1) is 19.2. The normalized spacial score (nSPS) is 12.1. The summed E-state index contributed by atoms with van der Waals surface area (Å²) in [5, 5.41) is 9.62. The van der Waals surface area contributed by atoms with Gasteiger partial charge in [0.05, 0.1) is 23.9 Å². The average Bonchev–Trinajstić information content (AvgIpc) is 3.38. The van der Waals surface area contributed by atoms with E-state index in [4.69, 9.17) is 4.74 Å². The summed E-state index contributed by atoms with van der Waals surface area (Å²) in [5.41, 5.74) is 3.37. The third-order valence-corrected chi connectivity index (χ3v) is 4.63. The number of alkyl halides is 3. The Bertz CT molecular complexity index is 1360. The van der Waals surface area contributed by atoms with Crippen LogP contribution in [0, 0.1) is 0 Å². The minimum Gasteiger partial charge on any atom is -0.367 e. The number of hydrogen-bond donors (Lipinski definition) is 0. The maximum Gasteiger partial charge on any atom is 0.411 e. The molecule has 0 radical (unpaired) electrons. The average molecular weight is 424 g/mol. The number of ether oxygens (including phenoxy) is 1. The van der Waals surface area contributed by atoms with E-state index in [1.54, 1.807) is 46.0 Å². The quantitative estimate of drug-likeness (QED) is 0.423. The number of fused-ring (bicyclic) bond motifs is 3. The number of benzene rings is 2. The molecule has 0 saturated heterocycles. The van der Waals surface area contributed by atoms with Gasteiger partial charge in [-0.1, -0.05) is 36.4 Å². The second kappa shape index (κ2) is 7.47. The SMILES string of the molecule is FC(F)(F)COCc1cccc(-c2nc3c4cnn(-c5ccccc5)c4ncn3n2)c1. The fourth-order valence-corrected chi connectivity index (χ4v) is 3.29. The lowest BCUT2D eigenvalue weighted by Crippen LogP contribution is -2.16. The molecule has 0 atom stereocenters. The summed E-state index contributed by atoms with van der Waals surface area (Å²) in [6, 6.07) is 16.6. The highest BCUT2D eigenvalue weighted by atomic mass is 19.4. The second-order valence-corrected chi connectivity index (χ2v) is 6.89. The van der Waals surface area contributed by atoms with Crippen molar-refractivity contribution in [1.29, 1.82) is 0 Å². The molecule has 10 heteroatoms. The predicted molar refractivity (Wildman–Crippen MR) is 107 cm³/mol. The number of nitrogens with zero attached hydrogens (tertiary/aromatic N) is 6. The van der Waals surface area contributed by atoms with Crippen LogP contribution in [0.1, 0.15) is 5.56 Å². The zero-order valence-corrected chi connectivity index (χ0v) is 16.0. The Morgan fingerprint density at radius 2 is 1.81 bits per heavy atom. The molecule has 0 bridgehead atoms. The number of hydrogen-bond acceptors (Lipinski definition) is 5. The Morgan fingerprint density at radius 1 is 0.968 bits per heavy atom. The zero-order valence-electron chi connectivity index (χ0n) is 16.0. The molecule has 5 aromatic rings. The minimum absolute atomic E-state index is 0.156. The van der Waals surface area contributed by atoms with Gasteiger partial charge in [0.1, 0.15) is 12.9 Å². The summed E-state index contributed by atoms with van der Waals surface area (Å²) in [5.74, 6) is 0.430. The third kappa shape index (κ3) is 3.84. The van der Waals surface area contributed by atoms with Crippen molar-refractivity contribution >= 4 is 16.7 Å². The Balaban J connectivity index is 1.48. The lowest BCUT2D eigenvalue weighted by atomic mass is 10.1. The van der Waals surface area contributed by atoms with Crippen molar-refractivity contribution in [2.45, 2.75) is 12.8 Å². The summed E-state index contributed by atoms with van der Waals surface area (Å²) in [6.07, 6.45) is -1.11. The fourth-order valence-electron chi connectivity index (χ4n) is 3.29. The molecular weight excluding hydrogens is 409 g/mol. The molecule has 31 heavy (non-hydrogen) atoms. The largest absolute Gasteiger partial charge is 0.411 e. The summed E-state index contributed by atoms with van der Waals surface area (Å²) >= 11 is 0. The molecule has 0 aliphatic heterocycles. The highest BCUT2D eigenvalue weighted by Crippen LogP contribution is 2.24. The molecule has 0 unspecified atom stereocenters. The third-order valence-electron chi connectivity index (χ3n) is 4.63. The first-order chi connectivity index (χ1) is 15.0. The van der Waals surface area contributed by atoms with E-state index in [1.807, 2.05) is 30.3 Å². The lowest BCUT2D eigenvalue weighted by molar-refractivity contribution is -0.176. The second-order valence-electron chi connectivity index (χ2n) is 6.89. The minimum atomic E-state index is -4.36. The highest BCUT2D eigenvalue weighted by molar-refractivity contribution is 5.89. The Hall–Kier alpha value is -3.79. The van der Waals surface area contributed by atoms with Gasteiger partial charge in [-0.15, -0.1) is 5.10 Å². The molecule has 3 aromatic heterocycles. The molecule has 0 spiro atoms. The van der Waals surface area contributed by atoms with E-state index in [0.717, 1.165) is 11.1 Å². The van der Waals surface area contributed by atoms with Crippen LogP contribution in [0.15, 0.2) is 67.1 Å². The predicted octanol–water partition coefficient (Wildman–Crippen LogP) is 4.21. The van der Waals surface area contributed by atoms with Crippen LogP contribution in [0.2, 0.25) is 0 Å². The molecular formula is C21H15F3N6O. The standard InChI is InChI=1S/C21H15F3N6O/c22-21(23,24)12-31-11-14-5-4-6-15(9-14)18-27-20-17-10-26-30(16-7-2-1-3-8-16)19(17)25-13-29(20)28-18/h1-10,13H,11-12H2. The molecule has 0 N–H and O–H groups in total. The number of aromatic nitrogens is 6. The van der Waals surface area contributed by atoms with Crippen molar-refractivity contribution in [1.82, 2.24) is 29.4 Å². The molecule has 0 fully saturated rings. The van der Waals surface area contributed by atoms with E-state index in [1.165, 1.54) is 0 Å². The van der Waals surface area contributed by atoms with Crippen LogP contribution in [0.5, 0.6) is 0 Å². The first-order valence-electron chi connectivity index (χ1n) is 9.36. The first-order valence-corrected chi connectivity index (χ1v) is 9.36. The van der Waals surface area contributed by atoms with E-state index in [0.29, 0.717) is 28.2 Å². The Labute approximate surface area is 173 Å². The maximum absolute atomic E-state index is 12.3. The van der Waals surface area contributed by atoms with Crippen molar-refractivity contribution < 1.29 is 17.9 Å². The van der Waals surface area contributed by atoms with Crippen molar-refractivity contribution in [3.63, 3.8) is 0 Å². The molecule has 0 aliphatic carbocycles. The lowest BCUT2D eigenvalue weighted by Gasteiger charge is -2.08. The van der Waals surface area contributed by atoms with E-state index < -0.39 is 12.8 Å². The highest BCUT2D eigenvalue weighted by Gasteiger charge is 2.27. The van der Waals surface area contributed by atoms with Gasteiger partial charge in [-0.05, 0) is 23.8 Å². The van der Waals surface area contributed by atoms with Gasteiger partial charge in [0.15, 0.2) is 17.1 Å². The van der Waals surface area contributed by atoms with Gasteiger partial charge in [0.25, 0.3) is 0 Å². The summed E-state index contributed by atoms with van der Waals surface area (Å²) < 4.78 is 44.9. The summed E-state index contributed by atoms with van der Waals surface area (Å²) in [6.45, 7) is -1.45. The van der Waals surface area contributed by atoms with E-state index >= 15 is 0 Å². The van der Waals surface area contributed by atoms with Crippen molar-refractivity contribution in [2.24, 2.45) is 0 Å². The molecule has 0 saturated carbocycles. The van der Waals surface area contributed by atoms with E-state index in [9.17, 15) is 13.2 Å². The van der Waals surface area contributed by atoms with Crippen LogP contribution in [-0.2, 0) is 11.3 Å². The number of halogens is 3. The van der Waals surface area contributed by atoms with Gasteiger partial charge >= 0.3 is 6.18 Å². The topological polar surface area (TPSA) is 70.1 Å². The van der Waals surface area contributed by atoms with Gasteiger partial charge in [-0.2, -0.15) is 18.3 Å². The number of rotatable bonds is 5. The van der Waals surface area contributed by atoms with Gasteiger partial charge < -0.3 is 4.74 Å². The monoisotopic (exact) mass is 424 g/mol. The fraction of sp³-hybridized carbons (Fsp3) is 0.143. The van der Waals surface area contributed by atoms with Crippen LogP contribution in [0.3, 0.4) is 0 Å². The zero-order chi connectivity index (χ0) is 21.4. The molecule has 7 nitrogen and oxygen atoms in total. The summed E-state index contributed by atoms with van der Waals surface area (Å²) in [4.78, 5) is 9.08. The van der Waals surface area contributed by atoms with Crippen LogP contribution in [0.4, 0.5) is 13.2 Å². The van der Waals surface area contributed by atoms with Crippen molar-refractivity contribution in [3.8, 4) is 17.1 Å². The Morgan fingerprint density at radius 3 is 2.61 bits per heavy atom. The molecule has 0 amide bonds. The van der Waals surface area contributed by atoms with Crippen molar-refractivity contribution in [2.75, 3.05) is 6.61 Å². The molecule has 2 aromatic carbocycles. The van der Waals surface area contributed by atoms with Crippen LogP contribution in [0.25, 0.3) is 33.8 Å². The molecule has 0 aliphatic rings. The van der Waals surface area contributed by atoms with E-state index in [-0.39, 0.29) is 6.61 Å². The van der Waals surface area contributed by atoms with Gasteiger partial charge in [-0.25, -0.2) is 19.2 Å². The number of para-hydroxylation sites is 1. The van der Waals surface area contributed by atoms with Crippen LogP contribution in [-0.4, -0.2) is 42.1 Å². The Kier molecular flexibility index (Phi) is 4.63. The maximum atomic E-state index is 12.3. The van der Waals surface area contributed by atoms with Crippen LogP contribution >= 0.6 is 0 Å². The van der Waals surface area contributed by atoms with E-state index in [2.05, 4.69) is 20.2 Å². The van der Waals surface area contributed by atoms with Gasteiger partial charge in [0.2, 0.25) is 0 Å². The molecule has 3 heterocycles. The summed E-state index contributed by atoms with van der Waals surface area (Å²) in [7, 11) is 0. The smallest absolute Gasteiger partial charge is 0.367 e. The molecule has 156 valence electrons. The van der Waals surface area contributed by atoms with Gasteiger partial charge in [0, 0.05) is 5.56 Å². The van der Waals surface area contributed by atoms with Gasteiger partial charge in [-0.3, -0.25) is 0 Å².